The molecule has 1 saturated carbocycles. The zero-order valence-electron chi connectivity index (χ0n) is 13.1. The molecule has 0 unspecified atom stereocenters. The number of aromatic nitrogens is 1. The largest absolute Gasteiger partial charge is 0.368 e. The smallest absolute Gasteiger partial charge is 0.243 e. The molecule has 1 aromatic rings. The Labute approximate surface area is 134 Å². The number of aryl methyl sites for hydroxylation is 2. The Morgan fingerprint density at radius 1 is 1.32 bits per heavy atom. The van der Waals surface area contributed by atoms with Crippen molar-refractivity contribution < 1.29 is 14.1 Å². The van der Waals surface area contributed by atoms with Gasteiger partial charge in [0.05, 0.1) is 11.4 Å². The van der Waals surface area contributed by atoms with E-state index in [0.29, 0.717) is 24.3 Å². The van der Waals surface area contributed by atoms with Crippen LogP contribution in [0.1, 0.15) is 49.1 Å². The Kier molecular flexibility index (Phi) is 5.50. The first-order valence-electron chi connectivity index (χ1n) is 7.55. The standard InChI is InChI=1S/C15H23N3O3S/c1-10-12(11(2)21-18-10)8-22-9-13(19)17-15(14(16)20)6-4-3-5-7-15/h3-9H2,1-2H3,(H2,16,20)(H,17,19). The number of carbonyl (C=O) groups is 2. The summed E-state index contributed by atoms with van der Waals surface area (Å²) in [5.74, 6) is 1.18. The van der Waals surface area contributed by atoms with Crippen molar-refractivity contribution in [3.63, 3.8) is 0 Å². The second kappa shape index (κ2) is 7.17. The van der Waals surface area contributed by atoms with Crippen LogP contribution >= 0.6 is 11.8 Å². The van der Waals surface area contributed by atoms with Crippen LogP contribution in [0.15, 0.2) is 4.52 Å². The van der Waals surface area contributed by atoms with Crippen molar-refractivity contribution in [2.24, 2.45) is 5.73 Å². The van der Waals surface area contributed by atoms with E-state index >= 15 is 0 Å². The summed E-state index contributed by atoms with van der Waals surface area (Å²) in [4.78, 5) is 23.9. The summed E-state index contributed by atoms with van der Waals surface area (Å²) in [7, 11) is 0. The lowest BCUT2D eigenvalue weighted by molar-refractivity contribution is -0.131. The van der Waals surface area contributed by atoms with Gasteiger partial charge in [-0.1, -0.05) is 24.4 Å². The van der Waals surface area contributed by atoms with Gasteiger partial charge in [-0.25, -0.2) is 0 Å². The predicted molar refractivity (Wildman–Crippen MR) is 85.3 cm³/mol. The third-order valence-electron chi connectivity index (χ3n) is 4.22. The van der Waals surface area contributed by atoms with Crippen molar-refractivity contribution in [3.8, 4) is 0 Å². The van der Waals surface area contributed by atoms with Crippen LogP contribution in [-0.4, -0.2) is 28.3 Å². The number of thioether (sulfide) groups is 1. The summed E-state index contributed by atoms with van der Waals surface area (Å²) in [6.45, 7) is 3.75. The normalized spacial score (nSPS) is 17.2. The molecule has 1 heterocycles. The van der Waals surface area contributed by atoms with Crippen molar-refractivity contribution in [2.45, 2.75) is 57.2 Å². The van der Waals surface area contributed by atoms with Crippen LogP contribution in [0.4, 0.5) is 0 Å². The van der Waals surface area contributed by atoms with Crippen LogP contribution in [0, 0.1) is 13.8 Å². The predicted octanol–water partition coefficient (Wildman–Crippen LogP) is 1.83. The molecular weight excluding hydrogens is 302 g/mol. The van der Waals surface area contributed by atoms with E-state index in [9.17, 15) is 9.59 Å². The maximum Gasteiger partial charge on any atom is 0.243 e. The topological polar surface area (TPSA) is 98.2 Å². The second-order valence-corrected chi connectivity index (χ2v) is 6.84. The number of primary amides is 1. The summed E-state index contributed by atoms with van der Waals surface area (Å²) in [6.07, 6.45) is 4.22. The molecule has 2 rings (SSSR count). The molecule has 122 valence electrons. The summed E-state index contributed by atoms with van der Waals surface area (Å²) in [5.41, 5.74) is 6.55. The van der Waals surface area contributed by atoms with E-state index < -0.39 is 11.4 Å². The molecule has 0 aromatic carbocycles. The molecule has 1 aliphatic rings. The Balaban J connectivity index is 1.85. The van der Waals surface area contributed by atoms with Gasteiger partial charge in [0, 0.05) is 11.3 Å². The third-order valence-corrected chi connectivity index (χ3v) is 5.18. The van der Waals surface area contributed by atoms with Gasteiger partial charge >= 0.3 is 0 Å². The van der Waals surface area contributed by atoms with Crippen LogP contribution in [0.2, 0.25) is 0 Å². The molecule has 0 aliphatic heterocycles. The highest BCUT2D eigenvalue weighted by atomic mass is 32.2. The number of rotatable bonds is 6. The minimum Gasteiger partial charge on any atom is -0.368 e. The van der Waals surface area contributed by atoms with Crippen molar-refractivity contribution in [2.75, 3.05) is 5.75 Å². The monoisotopic (exact) mass is 325 g/mol. The lowest BCUT2D eigenvalue weighted by Gasteiger charge is -2.35. The molecule has 0 atom stereocenters. The zero-order valence-corrected chi connectivity index (χ0v) is 13.9. The molecule has 1 aliphatic carbocycles. The van der Waals surface area contributed by atoms with E-state index in [-0.39, 0.29) is 5.91 Å². The Morgan fingerprint density at radius 3 is 2.55 bits per heavy atom. The van der Waals surface area contributed by atoms with Gasteiger partial charge in [-0.3, -0.25) is 9.59 Å². The number of carbonyl (C=O) groups excluding carboxylic acids is 2. The van der Waals surface area contributed by atoms with Crippen molar-refractivity contribution in [1.29, 1.82) is 0 Å². The van der Waals surface area contributed by atoms with Crippen molar-refractivity contribution >= 4 is 23.6 Å². The first-order chi connectivity index (χ1) is 10.4. The van der Waals surface area contributed by atoms with Gasteiger partial charge in [0.15, 0.2) is 0 Å². The molecule has 6 nitrogen and oxygen atoms in total. The van der Waals surface area contributed by atoms with E-state index in [2.05, 4.69) is 10.5 Å². The molecule has 3 N–H and O–H groups in total. The van der Waals surface area contributed by atoms with Gasteiger partial charge < -0.3 is 15.6 Å². The molecule has 0 saturated heterocycles. The Morgan fingerprint density at radius 2 is 2.00 bits per heavy atom. The van der Waals surface area contributed by atoms with E-state index in [4.69, 9.17) is 10.3 Å². The Hall–Kier alpha value is -1.50. The van der Waals surface area contributed by atoms with Crippen LogP contribution in [0.25, 0.3) is 0 Å². The van der Waals surface area contributed by atoms with Crippen LogP contribution in [0.3, 0.4) is 0 Å². The summed E-state index contributed by atoms with van der Waals surface area (Å²) < 4.78 is 5.10. The lowest BCUT2D eigenvalue weighted by Crippen LogP contribution is -2.58. The van der Waals surface area contributed by atoms with Crippen molar-refractivity contribution in [3.05, 3.63) is 17.0 Å². The zero-order chi connectivity index (χ0) is 16.2. The molecule has 7 heteroatoms. The molecule has 0 radical (unpaired) electrons. The SMILES string of the molecule is Cc1noc(C)c1CSCC(=O)NC1(C(N)=O)CCCCC1. The van der Waals surface area contributed by atoms with Gasteiger partial charge in [-0.15, -0.1) is 11.8 Å². The van der Waals surface area contributed by atoms with Gasteiger partial charge in [0.2, 0.25) is 11.8 Å². The molecule has 2 amide bonds. The molecule has 0 bridgehead atoms. The number of hydrogen-bond acceptors (Lipinski definition) is 5. The second-order valence-electron chi connectivity index (χ2n) is 5.85. The summed E-state index contributed by atoms with van der Waals surface area (Å²) >= 11 is 1.48. The van der Waals surface area contributed by atoms with Gasteiger partial charge in [-0.2, -0.15) is 0 Å². The van der Waals surface area contributed by atoms with Gasteiger partial charge in [0.1, 0.15) is 11.3 Å². The number of amides is 2. The van der Waals surface area contributed by atoms with E-state index in [0.717, 1.165) is 36.3 Å². The number of hydrogen-bond donors (Lipinski definition) is 2. The fourth-order valence-electron chi connectivity index (χ4n) is 2.85. The van der Waals surface area contributed by atoms with Crippen molar-refractivity contribution in [1.82, 2.24) is 10.5 Å². The number of nitrogens with one attached hydrogen (secondary N) is 1. The fraction of sp³-hybridized carbons (Fsp3) is 0.667. The highest BCUT2D eigenvalue weighted by molar-refractivity contribution is 7.99. The molecular formula is C15H23N3O3S. The van der Waals surface area contributed by atoms with E-state index in [1.165, 1.54) is 11.8 Å². The molecule has 1 aromatic heterocycles. The van der Waals surface area contributed by atoms with Gasteiger partial charge in [-0.05, 0) is 26.7 Å². The highest BCUT2D eigenvalue weighted by Crippen LogP contribution is 2.28. The van der Waals surface area contributed by atoms with E-state index in [1.807, 2.05) is 13.8 Å². The number of nitrogens with zero attached hydrogens (tertiary/aromatic N) is 1. The average molecular weight is 325 g/mol. The first kappa shape index (κ1) is 16.9. The minimum absolute atomic E-state index is 0.141. The average Bonchev–Trinajstić information content (AvgIpc) is 2.80. The quantitative estimate of drug-likeness (QED) is 0.831. The number of nitrogens with two attached hydrogens (primary N) is 1. The third kappa shape index (κ3) is 3.82. The summed E-state index contributed by atoms with van der Waals surface area (Å²) in [6, 6.07) is 0. The summed E-state index contributed by atoms with van der Waals surface area (Å²) in [5, 5.41) is 6.76. The molecule has 0 spiro atoms. The molecule has 22 heavy (non-hydrogen) atoms. The maximum atomic E-state index is 12.1. The van der Waals surface area contributed by atoms with Crippen LogP contribution in [-0.2, 0) is 15.3 Å². The Bertz CT molecular complexity index is 531. The van der Waals surface area contributed by atoms with Crippen LogP contribution < -0.4 is 11.1 Å². The lowest BCUT2D eigenvalue weighted by atomic mass is 9.81. The fourth-order valence-corrected chi connectivity index (χ4v) is 3.82. The molecule has 1 fully saturated rings. The van der Waals surface area contributed by atoms with Crippen LogP contribution in [0.5, 0.6) is 0 Å². The first-order valence-corrected chi connectivity index (χ1v) is 8.70. The maximum absolute atomic E-state index is 12.1. The highest BCUT2D eigenvalue weighted by Gasteiger charge is 2.38. The van der Waals surface area contributed by atoms with Gasteiger partial charge in [0.25, 0.3) is 0 Å². The minimum atomic E-state index is -0.848. The van der Waals surface area contributed by atoms with E-state index in [1.54, 1.807) is 0 Å².